The van der Waals surface area contributed by atoms with Gasteiger partial charge in [-0.05, 0) is 24.0 Å². The molecule has 0 saturated heterocycles. The second-order valence-corrected chi connectivity index (χ2v) is 6.68. The summed E-state index contributed by atoms with van der Waals surface area (Å²) < 4.78 is 4.88. The molecule has 0 radical (unpaired) electrons. The number of amides is 1. The van der Waals surface area contributed by atoms with Gasteiger partial charge in [-0.25, -0.2) is 4.98 Å². The van der Waals surface area contributed by atoms with Crippen molar-refractivity contribution in [2.24, 2.45) is 0 Å². The number of nitrogens with one attached hydrogen (secondary N) is 1. The molecular weight excluding hydrogens is 354 g/mol. The first kappa shape index (κ1) is 17.8. The summed E-state index contributed by atoms with van der Waals surface area (Å²) in [6, 6.07) is 10.6. The molecular formula is C18H17N3O4S. The Morgan fingerprint density at radius 2 is 2.04 bits per heavy atom. The fourth-order valence-corrected chi connectivity index (χ4v) is 3.10. The van der Waals surface area contributed by atoms with Crippen LogP contribution in [0.3, 0.4) is 0 Å². The summed E-state index contributed by atoms with van der Waals surface area (Å²) in [4.78, 5) is 26.4. The molecule has 1 amide bonds. The van der Waals surface area contributed by atoms with Crippen LogP contribution in [0.5, 0.6) is 0 Å². The summed E-state index contributed by atoms with van der Waals surface area (Å²) in [5.74, 6) is -0.680. The van der Waals surface area contributed by atoms with E-state index in [2.05, 4.69) is 36.3 Å². The smallest absolute Gasteiger partial charge is 0.395 e. The number of nitro groups is 1. The SMILES string of the molecule is CC[C@@H](C)c1ccc(-c2csc(NC(=O)c3ccc([N+](=O)[O-])o3)n2)cc1. The first-order valence-electron chi connectivity index (χ1n) is 8.09. The van der Waals surface area contributed by atoms with E-state index in [1.165, 1.54) is 23.0 Å². The van der Waals surface area contributed by atoms with Crippen LogP contribution < -0.4 is 5.32 Å². The Bertz CT molecular complexity index is 930. The summed E-state index contributed by atoms with van der Waals surface area (Å²) in [6.07, 6.45) is 1.08. The van der Waals surface area contributed by atoms with Gasteiger partial charge >= 0.3 is 5.88 Å². The fraction of sp³-hybridized carbons (Fsp3) is 0.222. The Labute approximate surface area is 153 Å². The number of benzene rings is 1. The zero-order chi connectivity index (χ0) is 18.7. The van der Waals surface area contributed by atoms with Crippen LogP contribution >= 0.6 is 11.3 Å². The molecule has 0 saturated carbocycles. The second kappa shape index (κ2) is 7.49. The van der Waals surface area contributed by atoms with E-state index in [0.29, 0.717) is 11.0 Å². The van der Waals surface area contributed by atoms with Gasteiger partial charge in [-0.2, -0.15) is 0 Å². The molecule has 134 valence electrons. The van der Waals surface area contributed by atoms with Crippen LogP contribution in [0, 0.1) is 10.1 Å². The third-order valence-electron chi connectivity index (χ3n) is 4.11. The Kier molecular flexibility index (Phi) is 5.13. The lowest BCUT2D eigenvalue weighted by atomic mass is 9.97. The van der Waals surface area contributed by atoms with Crippen molar-refractivity contribution < 1.29 is 14.1 Å². The highest BCUT2D eigenvalue weighted by atomic mass is 32.1. The minimum atomic E-state index is -0.693. The van der Waals surface area contributed by atoms with Gasteiger partial charge in [0.15, 0.2) is 10.9 Å². The Morgan fingerprint density at radius 3 is 2.65 bits per heavy atom. The molecule has 7 nitrogen and oxygen atoms in total. The van der Waals surface area contributed by atoms with Crippen LogP contribution in [0.4, 0.5) is 11.0 Å². The Balaban J connectivity index is 1.71. The number of rotatable bonds is 6. The van der Waals surface area contributed by atoms with Gasteiger partial charge in [0, 0.05) is 10.9 Å². The number of thiazole rings is 1. The summed E-state index contributed by atoms with van der Waals surface area (Å²) in [5, 5.41) is 15.4. The molecule has 1 atom stereocenters. The van der Waals surface area contributed by atoms with Crippen LogP contribution in [0.25, 0.3) is 11.3 Å². The maximum absolute atomic E-state index is 12.1. The van der Waals surface area contributed by atoms with E-state index in [1.54, 1.807) is 0 Å². The maximum Gasteiger partial charge on any atom is 0.433 e. The molecule has 0 spiro atoms. The van der Waals surface area contributed by atoms with Gasteiger partial charge in [0.1, 0.15) is 4.92 Å². The zero-order valence-electron chi connectivity index (χ0n) is 14.3. The third-order valence-corrected chi connectivity index (χ3v) is 4.87. The molecule has 0 aliphatic rings. The topological polar surface area (TPSA) is 98.3 Å². The third kappa shape index (κ3) is 3.80. The van der Waals surface area contributed by atoms with Crippen LogP contribution in [0.15, 0.2) is 46.2 Å². The van der Waals surface area contributed by atoms with E-state index < -0.39 is 16.7 Å². The lowest BCUT2D eigenvalue weighted by Gasteiger charge is -2.08. The van der Waals surface area contributed by atoms with Crippen molar-refractivity contribution in [3.63, 3.8) is 0 Å². The fourth-order valence-electron chi connectivity index (χ4n) is 2.39. The monoisotopic (exact) mass is 371 g/mol. The van der Waals surface area contributed by atoms with E-state index in [1.807, 2.05) is 17.5 Å². The van der Waals surface area contributed by atoms with Crippen molar-refractivity contribution in [1.82, 2.24) is 4.98 Å². The van der Waals surface area contributed by atoms with Gasteiger partial charge in [-0.3, -0.25) is 20.2 Å². The van der Waals surface area contributed by atoms with E-state index in [-0.39, 0.29) is 5.76 Å². The number of nitrogens with zero attached hydrogens (tertiary/aromatic N) is 2. The molecule has 0 aliphatic carbocycles. The first-order valence-corrected chi connectivity index (χ1v) is 8.97. The maximum atomic E-state index is 12.1. The van der Waals surface area contributed by atoms with E-state index in [9.17, 15) is 14.9 Å². The Hall–Kier alpha value is -3.00. The van der Waals surface area contributed by atoms with Gasteiger partial charge < -0.3 is 4.42 Å². The van der Waals surface area contributed by atoms with Crippen molar-refractivity contribution in [3.05, 3.63) is 63.2 Å². The highest BCUT2D eigenvalue weighted by Crippen LogP contribution is 2.27. The molecule has 0 fully saturated rings. The molecule has 1 aromatic carbocycles. The highest BCUT2D eigenvalue weighted by molar-refractivity contribution is 7.14. The van der Waals surface area contributed by atoms with Crippen molar-refractivity contribution in [3.8, 4) is 11.3 Å². The number of anilines is 1. The number of hydrogen-bond acceptors (Lipinski definition) is 6. The van der Waals surface area contributed by atoms with E-state index in [0.717, 1.165) is 23.7 Å². The average Bonchev–Trinajstić information content (AvgIpc) is 3.31. The first-order chi connectivity index (χ1) is 12.5. The van der Waals surface area contributed by atoms with Crippen LogP contribution in [0.2, 0.25) is 0 Å². The normalized spacial score (nSPS) is 11.9. The van der Waals surface area contributed by atoms with E-state index in [4.69, 9.17) is 4.42 Å². The number of carbonyl (C=O) groups excluding carboxylic acids is 1. The molecule has 0 aliphatic heterocycles. The van der Waals surface area contributed by atoms with Crippen molar-refractivity contribution in [2.45, 2.75) is 26.2 Å². The van der Waals surface area contributed by atoms with Gasteiger partial charge in [0.25, 0.3) is 5.91 Å². The van der Waals surface area contributed by atoms with Crippen LogP contribution in [-0.4, -0.2) is 15.8 Å². The second-order valence-electron chi connectivity index (χ2n) is 5.82. The van der Waals surface area contributed by atoms with Gasteiger partial charge in [0.2, 0.25) is 0 Å². The molecule has 0 bridgehead atoms. The van der Waals surface area contributed by atoms with Gasteiger partial charge in [0.05, 0.1) is 11.8 Å². The van der Waals surface area contributed by atoms with Crippen LogP contribution in [-0.2, 0) is 0 Å². The summed E-state index contributed by atoms with van der Waals surface area (Å²) >= 11 is 1.28. The largest absolute Gasteiger partial charge is 0.433 e. The number of hydrogen-bond donors (Lipinski definition) is 1. The lowest BCUT2D eigenvalue weighted by Crippen LogP contribution is -2.10. The van der Waals surface area contributed by atoms with Crippen molar-refractivity contribution >= 4 is 28.3 Å². The molecule has 0 unspecified atom stereocenters. The molecule has 2 aromatic heterocycles. The number of aromatic nitrogens is 1. The summed E-state index contributed by atoms with van der Waals surface area (Å²) in [6.45, 7) is 4.34. The quantitative estimate of drug-likeness (QED) is 0.481. The number of furan rings is 1. The molecule has 3 aromatic rings. The predicted octanol–water partition coefficient (Wildman–Crippen LogP) is 5.08. The van der Waals surface area contributed by atoms with Crippen LogP contribution in [0.1, 0.15) is 42.3 Å². The standard InChI is InChI=1S/C18H17N3O4S/c1-3-11(2)12-4-6-13(7-5-12)14-10-26-18(19-14)20-17(22)15-8-9-16(25-15)21(23)24/h4-11H,3H2,1-2H3,(H,19,20,22)/t11-/m1/s1. The minimum Gasteiger partial charge on any atom is -0.395 e. The molecule has 1 N–H and O–H groups in total. The summed E-state index contributed by atoms with van der Waals surface area (Å²) in [7, 11) is 0. The molecule has 26 heavy (non-hydrogen) atoms. The lowest BCUT2D eigenvalue weighted by molar-refractivity contribution is -0.402. The minimum absolute atomic E-state index is 0.133. The van der Waals surface area contributed by atoms with Crippen molar-refractivity contribution in [2.75, 3.05) is 5.32 Å². The molecule has 8 heteroatoms. The Morgan fingerprint density at radius 1 is 1.31 bits per heavy atom. The summed E-state index contributed by atoms with van der Waals surface area (Å²) in [5.41, 5.74) is 2.99. The van der Waals surface area contributed by atoms with Crippen molar-refractivity contribution in [1.29, 1.82) is 0 Å². The molecule has 2 heterocycles. The van der Waals surface area contributed by atoms with Gasteiger partial charge in [-0.1, -0.05) is 38.1 Å². The average molecular weight is 371 g/mol. The number of carbonyl (C=O) groups is 1. The molecule has 3 rings (SSSR count). The predicted molar refractivity (Wildman–Crippen MR) is 99.6 cm³/mol. The van der Waals surface area contributed by atoms with E-state index >= 15 is 0 Å². The zero-order valence-corrected chi connectivity index (χ0v) is 15.1. The van der Waals surface area contributed by atoms with Gasteiger partial charge in [-0.15, -0.1) is 11.3 Å². The highest BCUT2D eigenvalue weighted by Gasteiger charge is 2.18.